The monoisotopic (exact) mass is 491 g/mol. The average molecular weight is 491 g/mol. The fourth-order valence-electron chi connectivity index (χ4n) is 3.64. The van der Waals surface area contributed by atoms with Gasteiger partial charge in [0.2, 0.25) is 0 Å². The third-order valence-electron chi connectivity index (χ3n) is 5.61. The zero-order valence-corrected chi connectivity index (χ0v) is 19.3. The Morgan fingerprint density at radius 2 is 1.81 bits per heavy atom. The molecule has 0 bridgehead atoms. The standard InChI is InChI=1S/C25H22FN5O5/c1-13-9-15(3-8-18(13)26)12-27-24(34)20-10-19(29-21-11-22(32)30-31(20)21)23(33)28-14(2)16-4-6-17(7-5-16)25(35)36/h3-11,14H,12H2,1-2H3,(H,27,34)(H,28,33)(H,30,32)(H,35,36)/t14-/m0/s1. The maximum absolute atomic E-state index is 13.5. The van der Waals surface area contributed by atoms with Crippen LogP contribution in [0.3, 0.4) is 0 Å². The molecular weight excluding hydrogens is 469 g/mol. The van der Waals surface area contributed by atoms with Crippen molar-refractivity contribution >= 4 is 23.4 Å². The summed E-state index contributed by atoms with van der Waals surface area (Å²) in [5.74, 6) is -2.59. The molecule has 0 saturated heterocycles. The van der Waals surface area contributed by atoms with Crippen LogP contribution in [0, 0.1) is 12.7 Å². The maximum Gasteiger partial charge on any atom is 0.335 e. The molecule has 0 saturated carbocycles. The number of benzene rings is 2. The summed E-state index contributed by atoms with van der Waals surface area (Å²) in [4.78, 5) is 53.0. The Labute approximate surface area is 203 Å². The lowest BCUT2D eigenvalue weighted by molar-refractivity contribution is 0.0696. The number of carboxylic acids is 1. The normalized spacial score (nSPS) is 11.8. The number of carboxylic acid groups (broad SMARTS) is 1. The number of fused-ring (bicyclic) bond motifs is 1. The van der Waals surface area contributed by atoms with Gasteiger partial charge < -0.3 is 15.7 Å². The SMILES string of the molecule is Cc1cc(CNC(=O)c2cc(C(=O)N[C@@H](C)c3ccc(C(=O)O)cc3)nc3cc(=O)[nH]n23)ccc1F. The number of aryl methyl sites for hydroxylation is 1. The van der Waals surface area contributed by atoms with E-state index in [2.05, 4.69) is 20.7 Å². The molecule has 4 N–H and O–H groups in total. The highest BCUT2D eigenvalue weighted by Crippen LogP contribution is 2.15. The van der Waals surface area contributed by atoms with Gasteiger partial charge in [-0.25, -0.2) is 18.7 Å². The second-order valence-electron chi connectivity index (χ2n) is 8.23. The quantitative estimate of drug-likeness (QED) is 0.313. The minimum atomic E-state index is -1.06. The first-order chi connectivity index (χ1) is 17.1. The van der Waals surface area contributed by atoms with E-state index in [0.29, 0.717) is 16.7 Å². The lowest BCUT2D eigenvalue weighted by Crippen LogP contribution is -2.30. The van der Waals surface area contributed by atoms with Crippen molar-refractivity contribution in [2.45, 2.75) is 26.4 Å². The Morgan fingerprint density at radius 1 is 1.08 bits per heavy atom. The zero-order valence-electron chi connectivity index (χ0n) is 19.3. The van der Waals surface area contributed by atoms with Gasteiger partial charge in [-0.3, -0.25) is 19.5 Å². The van der Waals surface area contributed by atoms with Gasteiger partial charge in [0.05, 0.1) is 11.6 Å². The molecule has 0 fully saturated rings. The summed E-state index contributed by atoms with van der Waals surface area (Å²) in [7, 11) is 0. The summed E-state index contributed by atoms with van der Waals surface area (Å²) in [5, 5.41) is 17.0. The van der Waals surface area contributed by atoms with E-state index in [0.717, 1.165) is 6.07 Å². The fraction of sp³-hybridized carbons (Fsp3) is 0.160. The van der Waals surface area contributed by atoms with E-state index < -0.39 is 29.4 Å². The molecule has 4 aromatic rings. The second-order valence-corrected chi connectivity index (χ2v) is 8.23. The minimum Gasteiger partial charge on any atom is -0.478 e. The first-order valence-corrected chi connectivity index (χ1v) is 10.9. The molecule has 2 heterocycles. The van der Waals surface area contributed by atoms with Gasteiger partial charge in [0.25, 0.3) is 17.4 Å². The van der Waals surface area contributed by atoms with Crippen LogP contribution in [0.1, 0.15) is 61.0 Å². The summed E-state index contributed by atoms with van der Waals surface area (Å²) in [5.41, 5.74) is 1.36. The number of carbonyl (C=O) groups is 3. The van der Waals surface area contributed by atoms with Crippen LogP contribution in [-0.4, -0.2) is 37.5 Å². The number of nitrogens with one attached hydrogen (secondary N) is 3. The van der Waals surface area contributed by atoms with Crippen LogP contribution in [0.25, 0.3) is 5.65 Å². The van der Waals surface area contributed by atoms with Crippen LogP contribution in [0.2, 0.25) is 0 Å². The fourth-order valence-corrected chi connectivity index (χ4v) is 3.64. The molecule has 11 heteroatoms. The van der Waals surface area contributed by atoms with Crippen molar-refractivity contribution in [1.29, 1.82) is 0 Å². The van der Waals surface area contributed by atoms with Crippen molar-refractivity contribution in [3.63, 3.8) is 0 Å². The Balaban J connectivity index is 1.56. The number of amides is 2. The van der Waals surface area contributed by atoms with E-state index >= 15 is 0 Å². The molecule has 2 aromatic carbocycles. The molecule has 1 atom stereocenters. The highest BCUT2D eigenvalue weighted by atomic mass is 19.1. The Kier molecular flexibility index (Phi) is 6.64. The summed E-state index contributed by atoms with van der Waals surface area (Å²) in [6.07, 6.45) is 0. The molecule has 0 radical (unpaired) electrons. The molecule has 0 aliphatic rings. The molecule has 0 aliphatic carbocycles. The molecule has 2 amide bonds. The van der Waals surface area contributed by atoms with Gasteiger partial charge in [-0.1, -0.05) is 24.3 Å². The van der Waals surface area contributed by atoms with Gasteiger partial charge in [-0.15, -0.1) is 0 Å². The number of halogens is 1. The van der Waals surface area contributed by atoms with E-state index in [1.54, 1.807) is 38.1 Å². The van der Waals surface area contributed by atoms with Crippen molar-refractivity contribution < 1.29 is 23.9 Å². The van der Waals surface area contributed by atoms with Crippen LogP contribution in [0.5, 0.6) is 0 Å². The first kappa shape index (κ1) is 24.3. The van der Waals surface area contributed by atoms with Crippen molar-refractivity contribution in [1.82, 2.24) is 25.2 Å². The number of carbonyl (C=O) groups excluding carboxylic acids is 2. The van der Waals surface area contributed by atoms with E-state index in [1.165, 1.54) is 28.8 Å². The Morgan fingerprint density at radius 3 is 2.47 bits per heavy atom. The summed E-state index contributed by atoms with van der Waals surface area (Å²) in [6, 6.07) is 12.4. The van der Waals surface area contributed by atoms with E-state index in [-0.39, 0.29) is 35.0 Å². The number of aromatic carboxylic acids is 1. The predicted molar refractivity (Wildman–Crippen MR) is 127 cm³/mol. The number of rotatable bonds is 7. The lowest BCUT2D eigenvalue weighted by atomic mass is 10.1. The van der Waals surface area contributed by atoms with Gasteiger partial charge in [-0.2, -0.15) is 0 Å². The highest BCUT2D eigenvalue weighted by Gasteiger charge is 2.20. The topological polar surface area (TPSA) is 146 Å². The summed E-state index contributed by atoms with van der Waals surface area (Å²) >= 11 is 0. The van der Waals surface area contributed by atoms with Gasteiger partial charge in [-0.05, 0) is 48.7 Å². The Hall–Kier alpha value is -4.80. The third-order valence-corrected chi connectivity index (χ3v) is 5.61. The van der Waals surface area contributed by atoms with Crippen LogP contribution < -0.4 is 16.2 Å². The summed E-state index contributed by atoms with van der Waals surface area (Å²) < 4.78 is 14.7. The van der Waals surface area contributed by atoms with Crippen molar-refractivity contribution in [2.24, 2.45) is 0 Å². The molecule has 10 nitrogen and oxygen atoms in total. The largest absolute Gasteiger partial charge is 0.478 e. The number of aromatic amines is 1. The van der Waals surface area contributed by atoms with Crippen molar-refractivity contribution in [2.75, 3.05) is 0 Å². The molecule has 0 unspecified atom stereocenters. The van der Waals surface area contributed by atoms with Crippen LogP contribution in [0.15, 0.2) is 59.4 Å². The third kappa shape index (κ3) is 5.14. The zero-order chi connectivity index (χ0) is 26.0. The number of H-pyrrole nitrogens is 1. The van der Waals surface area contributed by atoms with Gasteiger partial charge >= 0.3 is 5.97 Å². The number of nitrogens with zero attached hydrogens (tertiary/aromatic N) is 2. The average Bonchev–Trinajstić information content (AvgIpc) is 3.23. The molecular formula is C25H22FN5O5. The number of hydrogen-bond acceptors (Lipinski definition) is 5. The van der Waals surface area contributed by atoms with Gasteiger partial charge in [0.15, 0.2) is 5.65 Å². The van der Waals surface area contributed by atoms with E-state index in [4.69, 9.17) is 5.11 Å². The first-order valence-electron chi connectivity index (χ1n) is 10.9. The maximum atomic E-state index is 13.5. The smallest absolute Gasteiger partial charge is 0.335 e. The van der Waals surface area contributed by atoms with Crippen LogP contribution >= 0.6 is 0 Å². The van der Waals surface area contributed by atoms with Gasteiger partial charge in [0.1, 0.15) is 17.2 Å². The van der Waals surface area contributed by atoms with Crippen LogP contribution in [-0.2, 0) is 6.54 Å². The molecule has 184 valence electrons. The van der Waals surface area contributed by atoms with Crippen molar-refractivity contribution in [3.05, 3.63) is 104 Å². The Bertz CT molecular complexity index is 1540. The summed E-state index contributed by atoms with van der Waals surface area (Å²) in [6.45, 7) is 3.43. The van der Waals surface area contributed by atoms with E-state index in [9.17, 15) is 23.6 Å². The minimum absolute atomic E-state index is 0.0236. The number of aromatic nitrogens is 3. The highest BCUT2D eigenvalue weighted by molar-refractivity contribution is 5.98. The van der Waals surface area contributed by atoms with E-state index in [1.807, 2.05) is 0 Å². The molecule has 2 aromatic heterocycles. The molecule has 36 heavy (non-hydrogen) atoms. The molecule has 0 spiro atoms. The van der Waals surface area contributed by atoms with Crippen molar-refractivity contribution in [3.8, 4) is 0 Å². The predicted octanol–water partition coefficient (Wildman–Crippen LogP) is 2.59. The lowest BCUT2D eigenvalue weighted by Gasteiger charge is -2.15. The number of hydrogen-bond donors (Lipinski definition) is 4. The van der Waals surface area contributed by atoms with Crippen LogP contribution in [0.4, 0.5) is 4.39 Å². The molecule has 0 aliphatic heterocycles. The second kappa shape index (κ2) is 9.82. The molecule has 4 rings (SSSR count). The van der Waals surface area contributed by atoms with Gasteiger partial charge in [0, 0.05) is 18.7 Å².